The number of rotatable bonds is 1. The van der Waals surface area contributed by atoms with Crippen LogP contribution in [0.1, 0.15) is 9.67 Å². The van der Waals surface area contributed by atoms with Gasteiger partial charge in [-0.25, -0.2) is 0 Å². The van der Waals surface area contributed by atoms with Crippen LogP contribution in [-0.4, -0.2) is 5.24 Å². The van der Waals surface area contributed by atoms with Gasteiger partial charge >= 0.3 is 0 Å². The Morgan fingerprint density at radius 3 is 2.85 bits per heavy atom. The minimum atomic E-state index is -0.395. The summed E-state index contributed by atoms with van der Waals surface area (Å²) in [5.41, 5.74) is 0. The molecule has 1 heterocycles. The second-order valence-corrected chi connectivity index (χ2v) is 4.82. The van der Waals surface area contributed by atoms with E-state index in [0.29, 0.717) is 4.88 Å². The molecule has 2 rings (SSSR count). The van der Waals surface area contributed by atoms with Gasteiger partial charge in [0.25, 0.3) is 5.24 Å². The van der Waals surface area contributed by atoms with E-state index in [-0.39, 0.29) is 0 Å². The van der Waals surface area contributed by atoms with E-state index in [2.05, 4.69) is 15.9 Å². The van der Waals surface area contributed by atoms with E-state index in [1.165, 1.54) is 11.3 Å². The summed E-state index contributed by atoms with van der Waals surface area (Å²) < 4.78 is 2.06. The van der Waals surface area contributed by atoms with Crippen molar-refractivity contribution < 1.29 is 4.79 Å². The van der Waals surface area contributed by atoms with E-state index < -0.39 is 5.24 Å². The first kappa shape index (κ1) is 9.19. The highest BCUT2D eigenvalue weighted by Crippen LogP contribution is 2.31. The maximum atomic E-state index is 10.9. The Morgan fingerprint density at radius 2 is 2.23 bits per heavy atom. The van der Waals surface area contributed by atoms with Gasteiger partial charge in [0.1, 0.15) is 0 Å². The summed E-state index contributed by atoms with van der Waals surface area (Å²) in [6.45, 7) is 0. The smallest absolute Gasteiger partial charge is 0.262 e. The summed E-state index contributed by atoms with van der Waals surface area (Å²) in [6, 6.07) is 7.65. The van der Waals surface area contributed by atoms with Crippen LogP contribution in [0.15, 0.2) is 28.7 Å². The first-order valence-electron chi connectivity index (χ1n) is 3.56. The molecule has 66 valence electrons. The molecule has 13 heavy (non-hydrogen) atoms. The normalized spacial score (nSPS) is 10.6. The second kappa shape index (κ2) is 3.40. The van der Waals surface area contributed by atoms with E-state index >= 15 is 0 Å². The van der Waals surface area contributed by atoms with Crippen LogP contribution in [0.2, 0.25) is 0 Å². The topological polar surface area (TPSA) is 17.1 Å². The molecule has 0 spiro atoms. The number of hydrogen-bond acceptors (Lipinski definition) is 2. The van der Waals surface area contributed by atoms with E-state index in [1.807, 2.05) is 18.2 Å². The molecule has 0 saturated carbocycles. The summed E-state index contributed by atoms with van der Waals surface area (Å²) in [4.78, 5) is 11.5. The van der Waals surface area contributed by atoms with Crippen LogP contribution >= 0.6 is 38.9 Å². The average Bonchev–Trinajstić information content (AvgIpc) is 2.49. The van der Waals surface area contributed by atoms with Crippen molar-refractivity contribution in [3.63, 3.8) is 0 Å². The van der Waals surface area contributed by atoms with Gasteiger partial charge in [0.05, 0.1) is 4.88 Å². The quantitative estimate of drug-likeness (QED) is 0.718. The first-order chi connectivity index (χ1) is 6.18. The molecule has 4 heteroatoms. The van der Waals surface area contributed by atoms with Gasteiger partial charge in [-0.3, -0.25) is 4.79 Å². The molecule has 0 unspecified atom stereocenters. The molecule has 0 fully saturated rings. The van der Waals surface area contributed by atoms with Gasteiger partial charge < -0.3 is 0 Å². The summed E-state index contributed by atoms with van der Waals surface area (Å²) in [7, 11) is 0. The molecule has 0 radical (unpaired) electrons. The summed E-state index contributed by atoms with van der Waals surface area (Å²) in [5, 5.41) is 0.643. The highest BCUT2D eigenvalue weighted by molar-refractivity contribution is 9.10. The van der Waals surface area contributed by atoms with Gasteiger partial charge in [0.15, 0.2) is 0 Å². The van der Waals surface area contributed by atoms with E-state index in [0.717, 1.165) is 14.6 Å². The zero-order chi connectivity index (χ0) is 9.42. The number of benzene rings is 1. The lowest BCUT2D eigenvalue weighted by Crippen LogP contribution is -1.78. The highest BCUT2D eigenvalue weighted by Gasteiger charge is 2.08. The molecule has 0 saturated heterocycles. The third-order valence-corrected chi connectivity index (χ3v) is 3.81. The lowest BCUT2D eigenvalue weighted by atomic mass is 10.2. The lowest BCUT2D eigenvalue weighted by molar-refractivity contribution is 0.108. The van der Waals surface area contributed by atoms with Crippen LogP contribution in [0.5, 0.6) is 0 Å². The molecule has 1 nitrogen and oxygen atoms in total. The number of hydrogen-bond donors (Lipinski definition) is 0. The van der Waals surface area contributed by atoms with Gasteiger partial charge in [-0.15, -0.1) is 11.3 Å². The van der Waals surface area contributed by atoms with Crippen LogP contribution in [0.25, 0.3) is 10.1 Å². The number of halogens is 2. The fourth-order valence-corrected chi connectivity index (χ4v) is 2.82. The largest absolute Gasteiger partial charge is 0.275 e. The fraction of sp³-hybridized carbons (Fsp3) is 0. The Morgan fingerprint density at radius 1 is 1.46 bits per heavy atom. The Balaban J connectivity index is 2.75. The molecular formula is C9H4BrClOS. The highest BCUT2D eigenvalue weighted by atomic mass is 79.9. The van der Waals surface area contributed by atoms with Crippen LogP contribution in [0.3, 0.4) is 0 Å². The fourth-order valence-electron chi connectivity index (χ4n) is 1.12. The molecule has 0 amide bonds. The zero-order valence-corrected chi connectivity index (χ0v) is 9.54. The van der Waals surface area contributed by atoms with Gasteiger partial charge in [0.2, 0.25) is 0 Å². The molecular weight excluding hydrogens is 272 g/mol. The Hall–Kier alpha value is -0.380. The Bertz CT molecular complexity index is 477. The molecule has 0 aliphatic carbocycles. The van der Waals surface area contributed by atoms with E-state index in [9.17, 15) is 4.79 Å². The molecule has 0 N–H and O–H groups in total. The number of thiophene rings is 1. The third kappa shape index (κ3) is 1.64. The Kier molecular flexibility index (Phi) is 2.41. The zero-order valence-electron chi connectivity index (χ0n) is 6.38. The minimum absolute atomic E-state index is 0.395. The van der Waals surface area contributed by atoms with E-state index in [4.69, 9.17) is 11.6 Å². The molecule has 0 aliphatic heterocycles. The molecule has 0 aliphatic rings. The van der Waals surface area contributed by atoms with Crippen molar-refractivity contribution in [2.24, 2.45) is 0 Å². The van der Waals surface area contributed by atoms with Crippen LogP contribution < -0.4 is 0 Å². The predicted molar refractivity (Wildman–Crippen MR) is 59.7 cm³/mol. The average molecular weight is 276 g/mol. The van der Waals surface area contributed by atoms with Crippen molar-refractivity contribution in [3.05, 3.63) is 33.6 Å². The summed E-state index contributed by atoms with van der Waals surface area (Å²) in [5.74, 6) is 0. The number of carbonyl (C=O) groups excluding carboxylic acids is 1. The molecule has 0 atom stereocenters. The van der Waals surface area contributed by atoms with Crippen molar-refractivity contribution >= 4 is 54.2 Å². The first-order valence-corrected chi connectivity index (χ1v) is 5.55. The van der Waals surface area contributed by atoms with Crippen LogP contribution in [0, 0.1) is 0 Å². The van der Waals surface area contributed by atoms with Crippen molar-refractivity contribution in [2.45, 2.75) is 0 Å². The monoisotopic (exact) mass is 274 g/mol. The van der Waals surface area contributed by atoms with Crippen molar-refractivity contribution in [2.75, 3.05) is 0 Å². The minimum Gasteiger partial charge on any atom is -0.275 e. The van der Waals surface area contributed by atoms with Crippen molar-refractivity contribution in [1.82, 2.24) is 0 Å². The Labute approximate surface area is 92.5 Å². The summed E-state index contributed by atoms with van der Waals surface area (Å²) >= 11 is 10.2. The lowest BCUT2D eigenvalue weighted by Gasteiger charge is -1.89. The van der Waals surface area contributed by atoms with Gasteiger partial charge in [-0.1, -0.05) is 22.0 Å². The maximum absolute atomic E-state index is 10.9. The molecule has 2 aromatic rings. The van der Waals surface area contributed by atoms with Gasteiger partial charge in [0, 0.05) is 14.6 Å². The van der Waals surface area contributed by atoms with Crippen LogP contribution in [-0.2, 0) is 0 Å². The standard InChI is InChI=1S/C9H4BrClOS/c10-6-2-1-3-7-5(6)4-8(13-7)9(11)12/h1-4H. The third-order valence-electron chi connectivity index (χ3n) is 1.70. The van der Waals surface area contributed by atoms with Gasteiger partial charge in [-0.05, 0) is 29.8 Å². The number of fused-ring (bicyclic) bond motifs is 1. The number of carbonyl (C=O) groups is 1. The molecule has 0 bridgehead atoms. The van der Waals surface area contributed by atoms with Crippen LogP contribution in [0.4, 0.5) is 0 Å². The SMILES string of the molecule is O=C(Cl)c1cc2c(Br)cccc2s1. The maximum Gasteiger partial charge on any atom is 0.262 e. The van der Waals surface area contributed by atoms with Gasteiger partial charge in [-0.2, -0.15) is 0 Å². The molecule has 1 aromatic heterocycles. The molecule has 1 aromatic carbocycles. The second-order valence-electron chi connectivity index (χ2n) is 2.54. The summed E-state index contributed by atoms with van der Waals surface area (Å²) in [6.07, 6.45) is 0. The van der Waals surface area contributed by atoms with Crippen molar-refractivity contribution in [1.29, 1.82) is 0 Å². The van der Waals surface area contributed by atoms with Crippen molar-refractivity contribution in [3.8, 4) is 0 Å². The predicted octanol–water partition coefficient (Wildman–Crippen LogP) is 4.04. The van der Waals surface area contributed by atoms with E-state index in [1.54, 1.807) is 6.07 Å².